The van der Waals surface area contributed by atoms with Crippen molar-refractivity contribution in [3.8, 4) is 0 Å². The van der Waals surface area contributed by atoms with E-state index < -0.39 is 0 Å². The van der Waals surface area contributed by atoms with Gasteiger partial charge in [0.05, 0.1) is 16.1 Å². The predicted octanol–water partition coefficient (Wildman–Crippen LogP) is 5.39. The maximum absolute atomic E-state index is 12.4. The van der Waals surface area contributed by atoms with Crippen molar-refractivity contribution >= 4 is 35.2 Å². The van der Waals surface area contributed by atoms with Crippen molar-refractivity contribution in [1.82, 2.24) is 4.90 Å². The molecule has 0 radical (unpaired) electrons. The quantitative estimate of drug-likeness (QED) is 0.293. The Morgan fingerprint density at radius 2 is 1.63 bits per heavy atom. The summed E-state index contributed by atoms with van der Waals surface area (Å²) >= 11 is 8.25. The minimum absolute atomic E-state index is 0.174. The van der Waals surface area contributed by atoms with E-state index in [2.05, 4.69) is 6.07 Å². The van der Waals surface area contributed by atoms with E-state index in [-0.39, 0.29) is 11.8 Å². The van der Waals surface area contributed by atoms with Gasteiger partial charge < -0.3 is 0 Å². The number of hydrogen-bond acceptors (Lipinski definition) is 3. The van der Waals surface area contributed by atoms with E-state index in [0.717, 1.165) is 30.0 Å². The molecule has 4 rings (SSSR count). The molecule has 3 nitrogen and oxygen atoms in total. The van der Waals surface area contributed by atoms with Crippen LogP contribution in [0.25, 0.3) is 0 Å². The highest BCUT2D eigenvalue weighted by Crippen LogP contribution is 2.36. The summed E-state index contributed by atoms with van der Waals surface area (Å²) in [5.41, 5.74) is 3.88. The summed E-state index contributed by atoms with van der Waals surface area (Å²) in [5, 5.41) is 0.821. The summed E-state index contributed by atoms with van der Waals surface area (Å²) in [7, 11) is 0. The van der Waals surface area contributed by atoms with Crippen molar-refractivity contribution in [2.24, 2.45) is 0 Å². The van der Waals surface area contributed by atoms with Crippen LogP contribution in [-0.4, -0.2) is 29.0 Å². The predicted molar refractivity (Wildman–Crippen MR) is 110 cm³/mol. The van der Waals surface area contributed by atoms with Crippen LogP contribution in [0.5, 0.6) is 0 Å². The lowest BCUT2D eigenvalue weighted by Gasteiger charge is -2.16. The van der Waals surface area contributed by atoms with E-state index in [1.54, 1.807) is 36.0 Å². The van der Waals surface area contributed by atoms with Crippen LogP contribution in [0.4, 0.5) is 0 Å². The molecular weight excluding hydrogens is 378 g/mol. The molecule has 0 saturated heterocycles. The third-order valence-corrected chi connectivity index (χ3v) is 7.01. The molecule has 0 unspecified atom stereocenters. The second-order valence-electron chi connectivity index (χ2n) is 7.08. The Kier molecular flexibility index (Phi) is 5.55. The van der Waals surface area contributed by atoms with Crippen molar-refractivity contribution in [1.29, 1.82) is 0 Å². The van der Waals surface area contributed by atoms with Gasteiger partial charge in [-0.2, -0.15) is 0 Å². The van der Waals surface area contributed by atoms with Gasteiger partial charge in [0.2, 0.25) is 0 Å². The number of carbonyl (C=O) groups is 2. The van der Waals surface area contributed by atoms with Crippen molar-refractivity contribution in [2.45, 2.75) is 43.4 Å². The summed E-state index contributed by atoms with van der Waals surface area (Å²) in [6.07, 6.45) is 6.73. The number of hydrogen-bond donors (Lipinski definition) is 0. The number of nitrogens with zero attached hydrogens (tertiary/aromatic N) is 1. The molecular formula is C22H22ClNO2S. The summed E-state index contributed by atoms with van der Waals surface area (Å²) < 4.78 is 0. The molecule has 2 aliphatic rings. The van der Waals surface area contributed by atoms with Crippen LogP contribution >= 0.6 is 23.4 Å². The van der Waals surface area contributed by atoms with E-state index in [0.29, 0.717) is 17.7 Å². The van der Waals surface area contributed by atoms with Crippen LogP contribution in [0.15, 0.2) is 41.3 Å². The van der Waals surface area contributed by atoms with E-state index >= 15 is 0 Å². The second kappa shape index (κ2) is 8.07. The first-order chi connectivity index (χ1) is 13.2. The Bertz CT molecular complexity index is 861. The standard InChI is InChI=1S/C22H22ClNO2S/c23-19-12-11-15-7-2-1-3-8-16(15)20(19)27-14-6-13-24-21(25)17-9-4-5-10-18(17)22(24)26/h4-5,9-12H,1-3,6-8,13-14H2. The highest BCUT2D eigenvalue weighted by molar-refractivity contribution is 7.99. The Balaban J connectivity index is 1.39. The van der Waals surface area contributed by atoms with Gasteiger partial charge in [-0.15, -0.1) is 11.8 Å². The number of rotatable bonds is 5. The fraction of sp³-hybridized carbons (Fsp3) is 0.364. The van der Waals surface area contributed by atoms with Crippen LogP contribution in [0.1, 0.15) is 57.5 Å². The monoisotopic (exact) mass is 399 g/mol. The molecule has 140 valence electrons. The number of carbonyl (C=O) groups excluding carboxylic acids is 2. The zero-order valence-corrected chi connectivity index (χ0v) is 16.7. The van der Waals surface area contributed by atoms with Gasteiger partial charge in [-0.3, -0.25) is 14.5 Å². The summed E-state index contributed by atoms with van der Waals surface area (Å²) in [4.78, 5) is 27.4. The summed E-state index contributed by atoms with van der Waals surface area (Å²) in [6.45, 7) is 0.450. The van der Waals surface area contributed by atoms with Gasteiger partial charge in [-0.1, -0.05) is 36.2 Å². The molecule has 0 bridgehead atoms. The fourth-order valence-corrected chi connectivity index (χ4v) is 5.37. The molecule has 5 heteroatoms. The van der Waals surface area contributed by atoms with Crippen LogP contribution in [-0.2, 0) is 12.8 Å². The lowest BCUT2D eigenvalue weighted by atomic mass is 10.0. The average molecular weight is 400 g/mol. The molecule has 1 heterocycles. The van der Waals surface area contributed by atoms with Crippen LogP contribution in [0.3, 0.4) is 0 Å². The number of halogens is 1. The number of thioether (sulfide) groups is 1. The minimum Gasteiger partial charge on any atom is -0.274 e. The molecule has 27 heavy (non-hydrogen) atoms. The molecule has 0 aromatic heterocycles. The van der Waals surface area contributed by atoms with E-state index in [1.165, 1.54) is 40.2 Å². The van der Waals surface area contributed by atoms with Crippen LogP contribution < -0.4 is 0 Å². The van der Waals surface area contributed by atoms with Gasteiger partial charge in [-0.05, 0) is 67.2 Å². The fourth-order valence-electron chi connectivity index (χ4n) is 3.94. The Labute approximate surface area is 169 Å². The normalized spacial score (nSPS) is 16.3. The van der Waals surface area contributed by atoms with Crippen molar-refractivity contribution in [2.75, 3.05) is 12.3 Å². The van der Waals surface area contributed by atoms with E-state index in [4.69, 9.17) is 11.6 Å². The van der Waals surface area contributed by atoms with E-state index in [9.17, 15) is 9.59 Å². The molecule has 0 atom stereocenters. The number of imide groups is 1. The third-order valence-electron chi connectivity index (χ3n) is 5.33. The third kappa shape index (κ3) is 3.65. The van der Waals surface area contributed by atoms with Crippen molar-refractivity contribution in [3.05, 3.63) is 63.7 Å². The number of aryl methyl sites for hydroxylation is 1. The first-order valence-electron chi connectivity index (χ1n) is 9.55. The number of fused-ring (bicyclic) bond motifs is 2. The summed E-state index contributed by atoms with van der Waals surface area (Å²) in [6, 6.07) is 11.2. The average Bonchev–Trinajstić information content (AvgIpc) is 2.84. The Morgan fingerprint density at radius 3 is 2.37 bits per heavy atom. The van der Waals surface area contributed by atoms with Crippen molar-refractivity contribution in [3.63, 3.8) is 0 Å². The van der Waals surface area contributed by atoms with Gasteiger partial charge in [0.15, 0.2) is 0 Å². The van der Waals surface area contributed by atoms with E-state index in [1.807, 2.05) is 6.07 Å². The minimum atomic E-state index is -0.174. The molecule has 0 saturated carbocycles. The molecule has 0 N–H and O–H groups in total. The first-order valence-corrected chi connectivity index (χ1v) is 10.9. The SMILES string of the molecule is O=C1c2ccccc2C(=O)N1CCCSc1c(Cl)ccc2c1CCCCC2. The largest absolute Gasteiger partial charge is 0.274 e. The maximum Gasteiger partial charge on any atom is 0.261 e. The van der Waals surface area contributed by atoms with Gasteiger partial charge >= 0.3 is 0 Å². The van der Waals surface area contributed by atoms with Gasteiger partial charge in [0.25, 0.3) is 11.8 Å². The van der Waals surface area contributed by atoms with Gasteiger partial charge in [-0.25, -0.2) is 0 Å². The Morgan fingerprint density at radius 1 is 0.926 bits per heavy atom. The maximum atomic E-state index is 12.4. The second-order valence-corrected chi connectivity index (χ2v) is 8.60. The molecule has 2 amide bonds. The van der Waals surface area contributed by atoms with Crippen LogP contribution in [0.2, 0.25) is 5.02 Å². The van der Waals surface area contributed by atoms with Crippen molar-refractivity contribution < 1.29 is 9.59 Å². The van der Waals surface area contributed by atoms with Gasteiger partial charge in [0, 0.05) is 11.4 Å². The molecule has 0 spiro atoms. The zero-order valence-electron chi connectivity index (χ0n) is 15.2. The summed E-state index contributed by atoms with van der Waals surface area (Å²) in [5.74, 6) is 0.489. The highest BCUT2D eigenvalue weighted by atomic mass is 35.5. The lowest BCUT2D eigenvalue weighted by molar-refractivity contribution is 0.0655. The smallest absolute Gasteiger partial charge is 0.261 e. The number of benzene rings is 2. The first kappa shape index (κ1) is 18.6. The molecule has 2 aromatic rings. The molecule has 1 aliphatic heterocycles. The van der Waals surface area contributed by atoms with Crippen LogP contribution in [0, 0.1) is 0 Å². The Hall–Kier alpha value is -1.78. The zero-order chi connectivity index (χ0) is 18.8. The molecule has 1 aliphatic carbocycles. The number of amides is 2. The molecule has 0 fully saturated rings. The van der Waals surface area contributed by atoms with Gasteiger partial charge in [0.1, 0.15) is 0 Å². The lowest BCUT2D eigenvalue weighted by Crippen LogP contribution is -2.31. The topological polar surface area (TPSA) is 37.4 Å². The molecule has 2 aromatic carbocycles. The highest BCUT2D eigenvalue weighted by Gasteiger charge is 2.34.